The molecule has 1 aromatic heterocycles. The zero-order chi connectivity index (χ0) is 23.5. The molecule has 3 aromatic carbocycles. The first-order valence-corrected chi connectivity index (χ1v) is 12.5. The number of methoxy groups -OCH3 is 1. The van der Waals surface area contributed by atoms with Gasteiger partial charge in [0.1, 0.15) is 5.75 Å². The number of benzene rings is 3. The molecule has 5 rings (SSSR count). The van der Waals surface area contributed by atoms with Crippen LogP contribution in [0.1, 0.15) is 0 Å². The van der Waals surface area contributed by atoms with Gasteiger partial charge in [0.05, 0.1) is 12.0 Å². The molecule has 0 N–H and O–H groups in total. The van der Waals surface area contributed by atoms with Crippen molar-refractivity contribution in [3.63, 3.8) is 0 Å². The highest BCUT2D eigenvalue weighted by atomic mass is 32.2. The van der Waals surface area contributed by atoms with Gasteiger partial charge in [-0.15, -0.1) is 0 Å². The highest BCUT2D eigenvalue weighted by molar-refractivity contribution is 7.91. The number of rotatable bonds is 6. The van der Waals surface area contributed by atoms with Crippen LogP contribution < -0.4 is 14.5 Å². The summed E-state index contributed by atoms with van der Waals surface area (Å²) in [5, 5.41) is -0.0459. The molecule has 1 aliphatic rings. The van der Waals surface area contributed by atoms with Crippen LogP contribution in [-0.4, -0.2) is 46.7 Å². The van der Waals surface area contributed by atoms with Crippen molar-refractivity contribution in [2.75, 3.05) is 43.1 Å². The fraction of sp³-hybridized carbons (Fsp3) is 0.192. The van der Waals surface area contributed by atoms with E-state index in [0.717, 1.165) is 30.1 Å². The summed E-state index contributed by atoms with van der Waals surface area (Å²) in [6, 6.07) is 25.7. The van der Waals surface area contributed by atoms with E-state index in [0.29, 0.717) is 19.0 Å². The van der Waals surface area contributed by atoms with Crippen molar-refractivity contribution < 1.29 is 17.6 Å². The monoisotopic (exact) mass is 475 g/mol. The summed E-state index contributed by atoms with van der Waals surface area (Å²) >= 11 is 0. The lowest BCUT2D eigenvalue weighted by Crippen LogP contribution is -2.46. The van der Waals surface area contributed by atoms with E-state index in [4.69, 9.17) is 9.15 Å². The molecule has 0 amide bonds. The minimum absolute atomic E-state index is 0.0459. The van der Waals surface area contributed by atoms with Crippen LogP contribution in [-0.2, 0) is 9.84 Å². The molecule has 1 saturated heterocycles. The Morgan fingerprint density at radius 3 is 2.00 bits per heavy atom. The van der Waals surface area contributed by atoms with Crippen LogP contribution in [0.5, 0.6) is 5.75 Å². The van der Waals surface area contributed by atoms with Gasteiger partial charge in [-0.2, -0.15) is 4.98 Å². The molecule has 0 unspecified atom stereocenters. The van der Waals surface area contributed by atoms with Crippen LogP contribution in [0.4, 0.5) is 11.6 Å². The van der Waals surface area contributed by atoms with Crippen molar-refractivity contribution in [2.45, 2.75) is 9.92 Å². The predicted octanol–water partition coefficient (Wildman–Crippen LogP) is 4.51. The highest BCUT2D eigenvalue weighted by Crippen LogP contribution is 2.35. The summed E-state index contributed by atoms with van der Waals surface area (Å²) in [6.45, 7) is 2.65. The number of hydrogen-bond acceptors (Lipinski definition) is 7. The Kier molecular flexibility index (Phi) is 5.98. The Labute approximate surface area is 199 Å². The number of oxazole rings is 1. The SMILES string of the molecule is COc1ccc(N2CCN(c3oc(-c4ccccc4)nc3S(=O)(=O)c3ccccc3)CC2)cc1. The van der Waals surface area contributed by atoms with Crippen molar-refractivity contribution in [1.82, 2.24) is 4.98 Å². The number of piperazine rings is 1. The van der Waals surface area contributed by atoms with E-state index in [1.54, 1.807) is 37.4 Å². The second kappa shape index (κ2) is 9.23. The molecule has 1 fully saturated rings. The minimum Gasteiger partial charge on any atom is -0.497 e. The third-order valence-electron chi connectivity index (χ3n) is 5.91. The molecule has 0 atom stereocenters. The molecule has 0 spiro atoms. The van der Waals surface area contributed by atoms with Gasteiger partial charge in [0.15, 0.2) is 0 Å². The van der Waals surface area contributed by atoms with Gasteiger partial charge in [0, 0.05) is 37.4 Å². The maximum absolute atomic E-state index is 13.5. The molecule has 1 aliphatic heterocycles. The van der Waals surface area contributed by atoms with E-state index in [1.807, 2.05) is 59.5 Å². The summed E-state index contributed by atoms with van der Waals surface area (Å²) in [7, 11) is -2.20. The zero-order valence-electron chi connectivity index (χ0n) is 18.8. The van der Waals surface area contributed by atoms with Crippen LogP contribution in [0.2, 0.25) is 0 Å². The zero-order valence-corrected chi connectivity index (χ0v) is 19.6. The fourth-order valence-electron chi connectivity index (χ4n) is 4.05. The molecule has 2 heterocycles. The minimum atomic E-state index is -3.85. The molecular formula is C26H25N3O4S. The maximum Gasteiger partial charge on any atom is 0.236 e. The average Bonchev–Trinajstić information content (AvgIpc) is 3.36. The Balaban J connectivity index is 1.46. The van der Waals surface area contributed by atoms with E-state index < -0.39 is 9.84 Å². The van der Waals surface area contributed by atoms with Gasteiger partial charge in [-0.05, 0) is 48.5 Å². The van der Waals surface area contributed by atoms with Gasteiger partial charge < -0.3 is 19.0 Å². The van der Waals surface area contributed by atoms with Gasteiger partial charge in [-0.1, -0.05) is 36.4 Å². The standard InChI is InChI=1S/C26H25N3O4S/c1-32-22-14-12-21(13-15-22)28-16-18-29(19-17-28)26-25(34(30,31)23-10-6-3-7-11-23)27-24(33-26)20-8-4-2-5-9-20/h2-15H,16-19H2,1H3. The number of anilines is 2. The molecule has 0 radical (unpaired) electrons. The topological polar surface area (TPSA) is 75.9 Å². The Bertz CT molecular complexity index is 1350. The first-order chi connectivity index (χ1) is 16.6. The summed E-state index contributed by atoms with van der Waals surface area (Å²) in [4.78, 5) is 8.90. The second-order valence-corrected chi connectivity index (χ2v) is 9.85. The smallest absolute Gasteiger partial charge is 0.236 e. The van der Waals surface area contributed by atoms with Crippen LogP contribution in [0.15, 0.2) is 99.3 Å². The molecule has 0 bridgehead atoms. The number of hydrogen-bond donors (Lipinski definition) is 0. The number of ether oxygens (including phenoxy) is 1. The largest absolute Gasteiger partial charge is 0.497 e. The van der Waals surface area contributed by atoms with Crippen molar-refractivity contribution in [1.29, 1.82) is 0 Å². The van der Waals surface area contributed by atoms with Gasteiger partial charge in [0.2, 0.25) is 26.6 Å². The number of nitrogens with zero attached hydrogens (tertiary/aromatic N) is 3. The van der Waals surface area contributed by atoms with Crippen molar-refractivity contribution in [3.05, 3.63) is 84.9 Å². The summed E-state index contributed by atoms with van der Waals surface area (Å²) in [5.41, 5.74) is 1.83. The van der Waals surface area contributed by atoms with Gasteiger partial charge >= 0.3 is 0 Å². The van der Waals surface area contributed by atoms with E-state index >= 15 is 0 Å². The van der Waals surface area contributed by atoms with Crippen LogP contribution >= 0.6 is 0 Å². The third kappa shape index (κ3) is 4.24. The third-order valence-corrected chi connectivity index (χ3v) is 7.58. The predicted molar refractivity (Wildman–Crippen MR) is 131 cm³/mol. The van der Waals surface area contributed by atoms with E-state index in [1.165, 1.54) is 0 Å². The van der Waals surface area contributed by atoms with Crippen molar-refractivity contribution in [2.24, 2.45) is 0 Å². The molecule has 8 heteroatoms. The molecule has 0 saturated carbocycles. The molecular weight excluding hydrogens is 450 g/mol. The first-order valence-electron chi connectivity index (χ1n) is 11.1. The Hall–Kier alpha value is -3.78. The lowest BCUT2D eigenvalue weighted by atomic mass is 10.2. The van der Waals surface area contributed by atoms with Crippen LogP contribution in [0.25, 0.3) is 11.5 Å². The molecule has 174 valence electrons. The Morgan fingerprint density at radius 2 is 1.38 bits per heavy atom. The average molecular weight is 476 g/mol. The van der Waals surface area contributed by atoms with E-state index in [-0.39, 0.29) is 15.8 Å². The lowest BCUT2D eigenvalue weighted by molar-refractivity contribution is 0.415. The van der Waals surface area contributed by atoms with E-state index in [9.17, 15) is 8.42 Å². The van der Waals surface area contributed by atoms with Gasteiger partial charge in [-0.25, -0.2) is 8.42 Å². The van der Waals surface area contributed by atoms with Gasteiger partial charge in [-0.3, -0.25) is 0 Å². The lowest BCUT2D eigenvalue weighted by Gasteiger charge is -2.36. The van der Waals surface area contributed by atoms with Crippen LogP contribution in [0, 0.1) is 0 Å². The maximum atomic E-state index is 13.5. The van der Waals surface area contributed by atoms with Crippen LogP contribution in [0.3, 0.4) is 0 Å². The molecule has 0 aliphatic carbocycles. The number of sulfone groups is 1. The summed E-state index contributed by atoms with van der Waals surface area (Å²) in [6.07, 6.45) is 0. The first kappa shape index (κ1) is 22.0. The highest BCUT2D eigenvalue weighted by Gasteiger charge is 2.32. The molecule has 4 aromatic rings. The fourth-order valence-corrected chi connectivity index (χ4v) is 5.39. The van der Waals surface area contributed by atoms with Crippen molar-refractivity contribution in [3.8, 4) is 17.2 Å². The summed E-state index contributed by atoms with van der Waals surface area (Å²) in [5.74, 6) is 1.40. The van der Waals surface area contributed by atoms with Crippen molar-refractivity contribution >= 4 is 21.4 Å². The van der Waals surface area contributed by atoms with Gasteiger partial charge in [0.25, 0.3) is 0 Å². The quantitative estimate of drug-likeness (QED) is 0.406. The normalized spacial score (nSPS) is 14.3. The number of aromatic nitrogens is 1. The molecule has 7 nitrogen and oxygen atoms in total. The Morgan fingerprint density at radius 1 is 0.794 bits per heavy atom. The molecule has 34 heavy (non-hydrogen) atoms. The second-order valence-electron chi connectivity index (χ2n) is 7.98. The van der Waals surface area contributed by atoms with E-state index in [2.05, 4.69) is 9.88 Å². The summed E-state index contributed by atoms with van der Waals surface area (Å²) < 4.78 is 38.4.